The number of carbonyl (C=O) groups excluding carboxylic acids is 2. The van der Waals surface area contributed by atoms with Crippen molar-refractivity contribution < 1.29 is 18.7 Å². The Morgan fingerprint density at radius 3 is 2.47 bits per heavy atom. The normalized spacial score (nSPS) is 12.7. The first-order chi connectivity index (χ1) is 17.5. The molecule has 0 spiro atoms. The molecule has 36 heavy (non-hydrogen) atoms. The fourth-order valence-electron chi connectivity index (χ4n) is 4.05. The summed E-state index contributed by atoms with van der Waals surface area (Å²) in [6.45, 7) is 0.912. The molecule has 1 aliphatic heterocycles. The van der Waals surface area contributed by atoms with Crippen LogP contribution in [0.3, 0.4) is 0 Å². The van der Waals surface area contributed by atoms with Gasteiger partial charge in [-0.05, 0) is 66.7 Å². The molecule has 3 aromatic carbocycles. The summed E-state index contributed by atoms with van der Waals surface area (Å²) in [5, 5.41) is 3.87. The third-order valence-corrected chi connectivity index (χ3v) is 6.48. The standard InChI is InChI=1S/C28H22Cl2N2O4/c29-20-7-11-22(12-8-20)35-17-27(33)31-21-9-5-18(6-10-21)26-15-19-16-32(14-13-25(19)36-26)28(34)23-3-1-2-4-24(23)30/h1-12,15H,13-14,16-17H2,(H,31,33). The van der Waals surface area contributed by atoms with Gasteiger partial charge in [-0.2, -0.15) is 0 Å². The summed E-state index contributed by atoms with van der Waals surface area (Å²) >= 11 is 12.1. The Labute approximate surface area is 218 Å². The van der Waals surface area contributed by atoms with Crippen LogP contribution in [0.4, 0.5) is 5.69 Å². The lowest BCUT2D eigenvalue weighted by Gasteiger charge is -2.26. The second kappa shape index (κ2) is 10.5. The van der Waals surface area contributed by atoms with Gasteiger partial charge in [0.25, 0.3) is 11.8 Å². The van der Waals surface area contributed by atoms with Crippen LogP contribution in [-0.4, -0.2) is 29.9 Å². The maximum atomic E-state index is 12.9. The summed E-state index contributed by atoms with van der Waals surface area (Å²) in [4.78, 5) is 26.9. The van der Waals surface area contributed by atoms with Crippen molar-refractivity contribution in [1.29, 1.82) is 0 Å². The van der Waals surface area contributed by atoms with Crippen molar-refractivity contribution >= 4 is 40.7 Å². The number of ether oxygens (including phenoxy) is 1. The molecular formula is C28H22Cl2N2O4. The molecule has 6 nitrogen and oxygen atoms in total. The number of hydrogen-bond donors (Lipinski definition) is 1. The van der Waals surface area contributed by atoms with E-state index in [0.29, 0.717) is 46.6 Å². The Morgan fingerprint density at radius 2 is 1.72 bits per heavy atom. The van der Waals surface area contributed by atoms with Crippen LogP contribution in [0.2, 0.25) is 10.0 Å². The summed E-state index contributed by atoms with van der Waals surface area (Å²) in [5.74, 6) is 1.81. The SMILES string of the molecule is O=C(COc1ccc(Cl)cc1)Nc1ccc(-c2cc3c(o2)CCN(C(=O)c2ccccc2Cl)C3)cc1. The van der Waals surface area contributed by atoms with Crippen LogP contribution in [0, 0.1) is 0 Å². The molecule has 0 saturated heterocycles. The van der Waals surface area contributed by atoms with Crippen molar-refractivity contribution in [3.63, 3.8) is 0 Å². The van der Waals surface area contributed by atoms with Gasteiger partial charge in [-0.3, -0.25) is 9.59 Å². The van der Waals surface area contributed by atoms with E-state index in [2.05, 4.69) is 5.32 Å². The number of halogens is 2. The van der Waals surface area contributed by atoms with Gasteiger partial charge < -0.3 is 19.4 Å². The highest BCUT2D eigenvalue weighted by Crippen LogP contribution is 2.31. The predicted octanol–water partition coefficient (Wildman–Crippen LogP) is 6.47. The molecular weight excluding hydrogens is 499 g/mol. The molecule has 4 aromatic rings. The third kappa shape index (κ3) is 5.40. The fourth-order valence-corrected chi connectivity index (χ4v) is 4.39. The second-order valence-corrected chi connectivity index (χ2v) is 9.23. The number of furan rings is 1. The third-order valence-electron chi connectivity index (χ3n) is 5.89. The highest BCUT2D eigenvalue weighted by molar-refractivity contribution is 6.33. The topological polar surface area (TPSA) is 71.8 Å². The Balaban J connectivity index is 1.20. The summed E-state index contributed by atoms with van der Waals surface area (Å²) in [7, 11) is 0. The van der Waals surface area contributed by atoms with Crippen molar-refractivity contribution in [2.24, 2.45) is 0 Å². The van der Waals surface area contributed by atoms with E-state index in [1.54, 1.807) is 41.3 Å². The number of benzene rings is 3. The highest BCUT2D eigenvalue weighted by Gasteiger charge is 2.26. The Morgan fingerprint density at radius 1 is 0.972 bits per heavy atom. The van der Waals surface area contributed by atoms with Gasteiger partial charge in [0.05, 0.1) is 10.6 Å². The number of rotatable bonds is 6. The number of fused-ring (bicyclic) bond motifs is 1. The van der Waals surface area contributed by atoms with Crippen LogP contribution in [0.1, 0.15) is 21.7 Å². The Hall–Kier alpha value is -3.74. The number of anilines is 1. The number of nitrogens with one attached hydrogen (secondary N) is 1. The van der Waals surface area contributed by atoms with Gasteiger partial charge in [0.1, 0.15) is 17.3 Å². The molecule has 2 amide bonds. The fraction of sp³-hybridized carbons (Fsp3) is 0.143. The van der Waals surface area contributed by atoms with Crippen molar-refractivity contribution in [1.82, 2.24) is 4.90 Å². The van der Waals surface area contributed by atoms with Gasteiger partial charge in [-0.1, -0.05) is 35.3 Å². The first-order valence-corrected chi connectivity index (χ1v) is 12.2. The molecule has 0 atom stereocenters. The van der Waals surface area contributed by atoms with Crippen molar-refractivity contribution in [3.05, 3.63) is 106 Å². The van der Waals surface area contributed by atoms with E-state index < -0.39 is 0 Å². The molecule has 182 valence electrons. The molecule has 1 N–H and O–H groups in total. The average Bonchev–Trinajstić information content (AvgIpc) is 3.32. The summed E-state index contributed by atoms with van der Waals surface area (Å²) in [6.07, 6.45) is 0.632. The van der Waals surface area contributed by atoms with Crippen LogP contribution in [0.15, 0.2) is 83.3 Å². The van der Waals surface area contributed by atoms with Gasteiger partial charge in [-0.25, -0.2) is 0 Å². The van der Waals surface area contributed by atoms with Crippen molar-refractivity contribution in [2.75, 3.05) is 18.5 Å². The van der Waals surface area contributed by atoms with Crippen LogP contribution < -0.4 is 10.1 Å². The van der Waals surface area contributed by atoms with Gasteiger partial charge in [0.2, 0.25) is 0 Å². The van der Waals surface area contributed by atoms with E-state index in [1.807, 2.05) is 42.5 Å². The number of hydrogen-bond acceptors (Lipinski definition) is 4. The first kappa shape index (κ1) is 24.0. The van der Waals surface area contributed by atoms with Crippen molar-refractivity contribution in [2.45, 2.75) is 13.0 Å². The van der Waals surface area contributed by atoms with Gasteiger partial charge in [-0.15, -0.1) is 0 Å². The van der Waals surface area contributed by atoms with E-state index in [0.717, 1.165) is 22.6 Å². The van der Waals surface area contributed by atoms with Crippen LogP contribution in [0.5, 0.6) is 5.75 Å². The van der Waals surface area contributed by atoms with Gasteiger partial charge >= 0.3 is 0 Å². The molecule has 0 fully saturated rings. The molecule has 0 bridgehead atoms. The van der Waals surface area contributed by atoms with Gasteiger partial charge in [0, 0.05) is 41.3 Å². The molecule has 1 aromatic heterocycles. The van der Waals surface area contributed by atoms with Crippen LogP contribution >= 0.6 is 23.2 Å². The smallest absolute Gasteiger partial charge is 0.262 e. The van der Waals surface area contributed by atoms with Crippen LogP contribution in [0.25, 0.3) is 11.3 Å². The number of amides is 2. The zero-order chi connectivity index (χ0) is 25.1. The quantitative estimate of drug-likeness (QED) is 0.316. The highest BCUT2D eigenvalue weighted by atomic mass is 35.5. The zero-order valence-electron chi connectivity index (χ0n) is 19.2. The maximum absolute atomic E-state index is 12.9. The molecule has 0 saturated carbocycles. The summed E-state index contributed by atoms with van der Waals surface area (Å²) < 4.78 is 11.6. The minimum Gasteiger partial charge on any atom is -0.484 e. The lowest BCUT2D eigenvalue weighted by molar-refractivity contribution is -0.118. The summed E-state index contributed by atoms with van der Waals surface area (Å²) in [5.41, 5.74) is 3.01. The van der Waals surface area contributed by atoms with E-state index in [9.17, 15) is 9.59 Å². The Bertz CT molecular complexity index is 1400. The van der Waals surface area contributed by atoms with E-state index in [-0.39, 0.29) is 18.4 Å². The first-order valence-electron chi connectivity index (χ1n) is 11.4. The molecule has 1 aliphatic rings. The number of nitrogens with zero attached hydrogens (tertiary/aromatic N) is 1. The average molecular weight is 521 g/mol. The minimum atomic E-state index is -0.269. The molecule has 0 radical (unpaired) electrons. The largest absolute Gasteiger partial charge is 0.484 e. The predicted molar refractivity (Wildman–Crippen MR) is 140 cm³/mol. The second-order valence-electron chi connectivity index (χ2n) is 8.38. The Kier molecular flexibility index (Phi) is 6.98. The van der Waals surface area contributed by atoms with E-state index >= 15 is 0 Å². The molecule has 0 aliphatic carbocycles. The van der Waals surface area contributed by atoms with Gasteiger partial charge in [0.15, 0.2) is 6.61 Å². The molecule has 2 heterocycles. The van der Waals surface area contributed by atoms with Crippen LogP contribution in [-0.2, 0) is 17.8 Å². The number of carbonyl (C=O) groups is 2. The van der Waals surface area contributed by atoms with Crippen molar-refractivity contribution in [3.8, 4) is 17.1 Å². The van der Waals surface area contributed by atoms with E-state index in [1.165, 1.54) is 0 Å². The lowest BCUT2D eigenvalue weighted by Crippen LogP contribution is -2.35. The monoisotopic (exact) mass is 520 g/mol. The molecule has 5 rings (SSSR count). The minimum absolute atomic E-state index is 0.0888. The zero-order valence-corrected chi connectivity index (χ0v) is 20.7. The summed E-state index contributed by atoms with van der Waals surface area (Å²) in [6, 6.07) is 23.2. The van der Waals surface area contributed by atoms with E-state index in [4.69, 9.17) is 32.4 Å². The molecule has 0 unspecified atom stereocenters. The maximum Gasteiger partial charge on any atom is 0.262 e. The molecule has 8 heteroatoms. The lowest BCUT2D eigenvalue weighted by atomic mass is 10.1.